The van der Waals surface area contributed by atoms with Gasteiger partial charge < -0.3 is 14.4 Å². The van der Waals surface area contributed by atoms with Crippen LogP contribution in [0, 0.1) is 5.82 Å². The minimum atomic E-state index is -3.22. The largest absolute Gasteiger partial charge is 0.376 e. The summed E-state index contributed by atoms with van der Waals surface area (Å²) in [5.41, 5.74) is 0.527. The molecule has 0 amide bonds. The van der Waals surface area contributed by atoms with Gasteiger partial charge >= 0.3 is 0 Å². The van der Waals surface area contributed by atoms with E-state index in [1.165, 1.54) is 10.9 Å². The number of nitrogens with zero attached hydrogens (tertiary/aromatic N) is 4. The van der Waals surface area contributed by atoms with E-state index >= 15 is 4.39 Å². The molecule has 0 bridgehead atoms. The van der Waals surface area contributed by atoms with Crippen molar-refractivity contribution in [3.63, 3.8) is 0 Å². The first-order valence-electron chi connectivity index (χ1n) is 13.0. The van der Waals surface area contributed by atoms with Crippen molar-refractivity contribution in [3.8, 4) is 0 Å². The van der Waals surface area contributed by atoms with Crippen LogP contribution in [0.1, 0.15) is 55.1 Å². The molecule has 2 unspecified atom stereocenters. The highest BCUT2D eigenvalue weighted by Gasteiger charge is 2.45. The number of ether oxygens (including phenoxy) is 2. The standard InChI is InChI=1S/C27H34FN4O5PS/c1-16(19-6-5-7-20(17(2)38)23(19)28)31(3)24-21-12-22(26(33)32(4)25(21)30-15-29-24)27(37-18-13-36-14-18)8-10-39(34,35)11-9-27/h5-7,12,15-18H,8-11,13-14,38H2,1-4H3/t16-,17?/m1/s1. The van der Waals surface area contributed by atoms with Gasteiger partial charge in [0.2, 0.25) is 0 Å². The first-order chi connectivity index (χ1) is 18.4. The Morgan fingerprint density at radius 2 is 1.87 bits per heavy atom. The third-order valence-corrected chi connectivity index (χ3v) is 10.0. The fraction of sp³-hybridized carbons (Fsp3) is 0.519. The summed E-state index contributed by atoms with van der Waals surface area (Å²) in [5.74, 6) is 0.129. The number of anilines is 1. The molecule has 12 heteroatoms. The second-order valence-corrected chi connectivity index (χ2v) is 13.9. The number of hydrogen-bond acceptors (Lipinski definition) is 8. The van der Waals surface area contributed by atoms with Gasteiger partial charge in [-0.25, -0.2) is 22.8 Å². The van der Waals surface area contributed by atoms with Gasteiger partial charge in [0, 0.05) is 19.7 Å². The number of aromatic nitrogens is 3. The van der Waals surface area contributed by atoms with Crippen molar-refractivity contribution < 1.29 is 22.3 Å². The Balaban J connectivity index is 1.63. The molecule has 3 aromatic rings. The predicted molar refractivity (Wildman–Crippen MR) is 151 cm³/mol. The zero-order chi connectivity index (χ0) is 28.1. The van der Waals surface area contributed by atoms with Gasteiger partial charge in [0.15, 0.2) is 9.84 Å². The highest BCUT2D eigenvalue weighted by molar-refractivity contribution is 7.91. The molecule has 2 fully saturated rings. The lowest BCUT2D eigenvalue weighted by atomic mass is 9.87. The molecule has 2 aliphatic rings. The van der Waals surface area contributed by atoms with Crippen LogP contribution in [-0.2, 0) is 32.0 Å². The molecule has 2 aliphatic heterocycles. The normalized spacial score (nSPS) is 20.4. The van der Waals surface area contributed by atoms with E-state index in [1.54, 1.807) is 25.2 Å². The molecule has 2 aromatic heterocycles. The average molecular weight is 577 g/mol. The molecular formula is C27H34FN4O5PS. The maximum Gasteiger partial charge on any atom is 0.258 e. The summed E-state index contributed by atoms with van der Waals surface area (Å²) in [6.07, 6.45) is 1.53. The first kappa shape index (κ1) is 28.1. The molecular weight excluding hydrogens is 542 g/mol. The fourth-order valence-corrected chi connectivity index (χ4v) is 7.16. The fourth-order valence-electron chi connectivity index (χ4n) is 5.42. The number of sulfone groups is 1. The predicted octanol–water partition coefficient (Wildman–Crippen LogP) is 3.42. The number of hydrogen-bond donors (Lipinski definition) is 0. The molecule has 0 spiro atoms. The number of benzene rings is 1. The number of halogens is 1. The van der Waals surface area contributed by atoms with Gasteiger partial charge in [0.1, 0.15) is 35.3 Å². The van der Waals surface area contributed by atoms with Gasteiger partial charge in [-0.2, -0.15) is 0 Å². The zero-order valence-corrected chi connectivity index (χ0v) is 24.5. The molecule has 0 radical (unpaired) electrons. The van der Waals surface area contributed by atoms with Crippen LogP contribution < -0.4 is 10.5 Å². The lowest BCUT2D eigenvalue weighted by molar-refractivity contribution is -0.200. The van der Waals surface area contributed by atoms with Crippen LogP contribution in [0.3, 0.4) is 0 Å². The summed E-state index contributed by atoms with van der Waals surface area (Å²) < 4.78 is 53.3. The van der Waals surface area contributed by atoms with Crippen molar-refractivity contribution in [2.45, 2.75) is 50.1 Å². The van der Waals surface area contributed by atoms with Crippen LogP contribution in [0.15, 0.2) is 35.4 Å². The average Bonchev–Trinajstić information content (AvgIpc) is 2.88. The van der Waals surface area contributed by atoms with Crippen molar-refractivity contribution >= 4 is 35.9 Å². The minimum absolute atomic E-state index is 0.0454. The van der Waals surface area contributed by atoms with Crippen LogP contribution in [-0.4, -0.2) is 60.8 Å². The van der Waals surface area contributed by atoms with Gasteiger partial charge in [0.25, 0.3) is 5.56 Å². The summed E-state index contributed by atoms with van der Waals surface area (Å²) in [5, 5.41) is 0.598. The Bertz CT molecular complexity index is 1560. The van der Waals surface area contributed by atoms with E-state index in [0.717, 1.165) is 0 Å². The van der Waals surface area contributed by atoms with E-state index in [1.807, 2.05) is 31.9 Å². The zero-order valence-electron chi connectivity index (χ0n) is 22.6. The molecule has 5 rings (SSSR count). The van der Waals surface area contributed by atoms with E-state index in [0.29, 0.717) is 46.8 Å². The summed E-state index contributed by atoms with van der Waals surface area (Å²) >= 11 is 0. The lowest BCUT2D eigenvalue weighted by Gasteiger charge is -2.42. The van der Waals surface area contributed by atoms with E-state index in [2.05, 4.69) is 19.2 Å². The second kappa shape index (κ2) is 10.5. The molecule has 2 saturated heterocycles. The first-order valence-corrected chi connectivity index (χ1v) is 15.5. The van der Waals surface area contributed by atoms with Gasteiger partial charge in [-0.15, -0.1) is 9.24 Å². The summed E-state index contributed by atoms with van der Waals surface area (Å²) in [7, 11) is 2.88. The van der Waals surface area contributed by atoms with Crippen LogP contribution in [0.2, 0.25) is 0 Å². The van der Waals surface area contributed by atoms with Crippen molar-refractivity contribution in [3.05, 3.63) is 63.5 Å². The summed E-state index contributed by atoms with van der Waals surface area (Å²) in [6, 6.07) is 6.75. The van der Waals surface area contributed by atoms with E-state index in [9.17, 15) is 13.2 Å². The third-order valence-electron chi connectivity index (χ3n) is 8.02. The highest BCUT2D eigenvalue weighted by Crippen LogP contribution is 2.40. The molecule has 0 saturated carbocycles. The van der Waals surface area contributed by atoms with Crippen LogP contribution in [0.25, 0.3) is 11.0 Å². The smallest absolute Gasteiger partial charge is 0.258 e. The third kappa shape index (κ3) is 5.10. The Kier molecular flexibility index (Phi) is 7.56. The van der Waals surface area contributed by atoms with Gasteiger partial charge in [-0.05, 0) is 37.1 Å². The van der Waals surface area contributed by atoms with Crippen molar-refractivity contribution in [2.24, 2.45) is 7.05 Å². The molecule has 3 atom stereocenters. The Hall–Kier alpha value is -2.46. The van der Waals surface area contributed by atoms with Crippen LogP contribution in [0.4, 0.5) is 10.2 Å². The van der Waals surface area contributed by atoms with E-state index < -0.39 is 15.4 Å². The topological polar surface area (TPSA) is 104 Å². The lowest BCUT2D eigenvalue weighted by Crippen LogP contribution is -2.50. The van der Waals surface area contributed by atoms with Crippen molar-refractivity contribution in [1.29, 1.82) is 0 Å². The minimum Gasteiger partial charge on any atom is -0.376 e. The second-order valence-electron chi connectivity index (χ2n) is 10.6. The van der Waals surface area contributed by atoms with Gasteiger partial charge in [-0.1, -0.05) is 25.1 Å². The molecule has 0 N–H and O–H groups in total. The number of aryl methyl sites for hydroxylation is 1. The molecule has 4 heterocycles. The maximum absolute atomic E-state index is 15.5. The SMILES string of the molecule is CC(P)c1cccc([C@@H](C)N(C)c2ncnc3c2cc(C2(OC4COC4)CCS(=O)(=O)CC2)c(=O)n3C)c1F. The number of fused-ring (bicyclic) bond motifs is 1. The monoisotopic (exact) mass is 576 g/mol. The van der Waals surface area contributed by atoms with E-state index in [4.69, 9.17) is 9.47 Å². The van der Waals surface area contributed by atoms with Gasteiger partial charge in [-0.3, -0.25) is 9.36 Å². The number of rotatable bonds is 7. The van der Waals surface area contributed by atoms with Crippen LogP contribution >= 0.6 is 9.24 Å². The van der Waals surface area contributed by atoms with Crippen molar-refractivity contribution in [1.82, 2.24) is 14.5 Å². The maximum atomic E-state index is 15.5. The molecule has 1 aromatic carbocycles. The Morgan fingerprint density at radius 3 is 2.49 bits per heavy atom. The molecule has 39 heavy (non-hydrogen) atoms. The Morgan fingerprint density at radius 1 is 1.21 bits per heavy atom. The Labute approximate surface area is 229 Å². The summed E-state index contributed by atoms with van der Waals surface area (Å²) in [4.78, 5) is 24.5. The van der Waals surface area contributed by atoms with Gasteiger partial charge in [0.05, 0.1) is 41.7 Å². The highest BCUT2D eigenvalue weighted by atomic mass is 32.2. The molecule has 0 aliphatic carbocycles. The quantitative estimate of drug-likeness (QED) is 0.395. The van der Waals surface area contributed by atoms with Crippen molar-refractivity contribution in [2.75, 3.05) is 36.7 Å². The van der Waals surface area contributed by atoms with Crippen LogP contribution in [0.5, 0.6) is 0 Å². The number of pyridine rings is 1. The van der Waals surface area contributed by atoms with E-state index in [-0.39, 0.29) is 53.5 Å². The molecule has 210 valence electrons. The summed E-state index contributed by atoms with van der Waals surface area (Å²) in [6.45, 7) is 4.62. The molecule has 9 nitrogen and oxygen atoms in total.